The van der Waals surface area contributed by atoms with Gasteiger partial charge >= 0.3 is 0 Å². The maximum absolute atomic E-state index is 12.6. The summed E-state index contributed by atoms with van der Waals surface area (Å²) in [5, 5.41) is 0. The third-order valence-electron chi connectivity index (χ3n) is 5.33. The zero-order valence-corrected chi connectivity index (χ0v) is 23.2. The molecule has 0 aliphatic carbocycles. The highest BCUT2D eigenvalue weighted by Gasteiger charge is 2.26. The van der Waals surface area contributed by atoms with Gasteiger partial charge in [0, 0.05) is 20.2 Å². The van der Waals surface area contributed by atoms with Crippen molar-refractivity contribution in [1.29, 1.82) is 0 Å². The lowest BCUT2D eigenvalue weighted by Gasteiger charge is -2.18. The van der Waals surface area contributed by atoms with Gasteiger partial charge in [0.15, 0.2) is 0 Å². The van der Waals surface area contributed by atoms with Crippen LogP contribution in [0.4, 0.5) is 0 Å². The van der Waals surface area contributed by atoms with Crippen molar-refractivity contribution in [2.24, 2.45) is 4.40 Å². The molecule has 0 radical (unpaired) electrons. The minimum absolute atomic E-state index is 0.404. The van der Waals surface area contributed by atoms with Crippen LogP contribution >= 0.6 is 11.3 Å². The molecule has 7 nitrogen and oxygen atoms in total. The number of hydrogen-bond donors (Lipinski definition) is 0. The van der Waals surface area contributed by atoms with E-state index < -0.39 is 24.2 Å². The quantitative estimate of drug-likeness (QED) is 0.127. The number of ether oxygens (including phenoxy) is 1. The van der Waals surface area contributed by atoms with Crippen LogP contribution in [0.3, 0.4) is 0 Å². The monoisotopic (exact) mass is 513 g/mol. The van der Waals surface area contributed by atoms with Gasteiger partial charge in [-0.05, 0) is 44.5 Å². The molecular weight excluding hydrogens is 483 g/mol. The number of hydrogen-bond acceptors (Lipinski definition) is 7. The van der Waals surface area contributed by atoms with Crippen molar-refractivity contribution in [3.05, 3.63) is 41.9 Å². The predicted molar refractivity (Wildman–Crippen MR) is 146 cm³/mol. The van der Waals surface area contributed by atoms with E-state index in [1.807, 2.05) is 30.8 Å². The molecule has 180 valence electrons. The second kappa shape index (κ2) is 9.86. The first-order valence-electron chi connectivity index (χ1n) is 11.2. The van der Waals surface area contributed by atoms with Crippen LogP contribution in [0.5, 0.6) is 0 Å². The van der Waals surface area contributed by atoms with Crippen molar-refractivity contribution in [1.82, 2.24) is 19.5 Å². The maximum Gasteiger partial charge on any atom is 0.144 e. The summed E-state index contributed by atoms with van der Waals surface area (Å²) in [6.07, 6.45) is 5.14. The molecule has 0 amide bonds. The minimum Gasteiger partial charge on any atom is -0.591 e. The van der Waals surface area contributed by atoms with Crippen LogP contribution in [0.15, 0.2) is 40.6 Å². The Morgan fingerprint density at radius 2 is 1.97 bits per heavy atom. The predicted octanol–water partition coefficient (Wildman–Crippen LogP) is 5.90. The van der Waals surface area contributed by atoms with Crippen LogP contribution in [0.25, 0.3) is 32.4 Å². The van der Waals surface area contributed by atoms with Crippen LogP contribution in [0, 0.1) is 0 Å². The summed E-state index contributed by atoms with van der Waals surface area (Å²) >= 11 is 0.222. The largest absolute Gasteiger partial charge is 0.591 e. The fourth-order valence-corrected chi connectivity index (χ4v) is 5.30. The third kappa shape index (κ3) is 5.74. The fourth-order valence-electron chi connectivity index (χ4n) is 3.37. The van der Waals surface area contributed by atoms with Crippen molar-refractivity contribution in [3.63, 3.8) is 0 Å². The number of aromatic nitrogens is 4. The second-order valence-electron chi connectivity index (χ2n) is 10.4. The van der Waals surface area contributed by atoms with E-state index in [4.69, 9.17) is 4.74 Å². The molecule has 1 atom stereocenters. The normalized spacial score (nSPS) is 14.0. The molecule has 4 aromatic rings. The molecule has 0 aliphatic heterocycles. The van der Waals surface area contributed by atoms with Crippen molar-refractivity contribution in [2.45, 2.75) is 57.9 Å². The second-order valence-corrected chi connectivity index (χ2v) is 18.9. The molecule has 4 rings (SSSR count). The zero-order valence-electron chi connectivity index (χ0n) is 20.5. The summed E-state index contributed by atoms with van der Waals surface area (Å²) in [5.41, 5.74) is 6.95. The molecule has 1 unspecified atom stereocenters. The maximum atomic E-state index is 12.6. The lowest BCUT2D eigenvalue weighted by atomic mass is 10.0. The van der Waals surface area contributed by atoms with Gasteiger partial charge in [-0.15, -0.1) is 11.3 Å². The minimum atomic E-state index is -1.39. The molecule has 3 heterocycles. The highest BCUT2D eigenvalue weighted by atomic mass is 32.2. The molecule has 0 N–H and O–H groups in total. The lowest BCUT2D eigenvalue weighted by molar-refractivity contribution is 0.0899. The van der Waals surface area contributed by atoms with E-state index in [0.29, 0.717) is 12.4 Å². The average Bonchev–Trinajstić information content (AvgIpc) is 3.39. The first kappa shape index (κ1) is 25.0. The van der Waals surface area contributed by atoms with Gasteiger partial charge in [-0.1, -0.05) is 30.1 Å². The van der Waals surface area contributed by atoms with Gasteiger partial charge in [-0.3, -0.25) is 4.98 Å². The average molecular weight is 514 g/mol. The molecule has 0 fully saturated rings. The molecule has 0 bridgehead atoms. The molecule has 0 aliphatic rings. The number of pyridine rings is 1. The highest BCUT2D eigenvalue weighted by Crippen LogP contribution is 2.33. The number of fused-ring (bicyclic) bond motifs is 2. The van der Waals surface area contributed by atoms with Gasteiger partial charge in [0.1, 0.15) is 34.6 Å². The molecule has 0 spiro atoms. The molecule has 10 heteroatoms. The summed E-state index contributed by atoms with van der Waals surface area (Å²) in [7, 11) is -1.17. The van der Waals surface area contributed by atoms with Gasteiger partial charge in [-0.2, -0.15) is 0 Å². The summed E-state index contributed by atoms with van der Waals surface area (Å²) in [5.74, 6) is 0. The standard InChI is InChI=1S/C24H31N5O2S2Si/c1-24(2,3)33(30)28-13-19-22(17-7-8-21-18(11-17)27-15-32-21)23-20(12-25-19)26-14-29(23)16-31-9-10-34(4,5)6/h7-8,11-15H,9-10,16H2,1-6H3/b28-13-. The molecule has 3 aromatic heterocycles. The third-order valence-corrected chi connectivity index (χ3v) is 9.18. The number of rotatable bonds is 8. The van der Waals surface area contributed by atoms with E-state index >= 15 is 0 Å². The smallest absolute Gasteiger partial charge is 0.144 e. The van der Waals surface area contributed by atoms with Gasteiger partial charge in [0.2, 0.25) is 0 Å². The van der Waals surface area contributed by atoms with Crippen molar-refractivity contribution < 1.29 is 9.29 Å². The van der Waals surface area contributed by atoms with E-state index in [1.54, 1.807) is 30.1 Å². The van der Waals surface area contributed by atoms with E-state index in [2.05, 4.69) is 57.2 Å². The molecule has 0 saturated heterocycles. The van der Waals surface area contributed by atoms with E-state index in [-0.39, 0.29) is 0 Å². The van der Waals surface area contributed by atoms with Crippen molar-refractivity contribution in [3.8, 4) is 11.1 Å². The van der Waals surface area contributed by atoms with Crippen LogP contribution in [-0.4, -0.2) is 49.7 Å². The van der Waals surface area contributed by atoms with Crippen LogP contribution in [0.2, 0.25) is 25.7 Å². The number of thiazole rings is 1. The van der Waals surface area contributed by atoms with Gasteiger partial charge in [0.25, 0.3) is 0 Å². The Hall–Kier alpha value is -2.11. The first-order valence-corrected chi connectivity index (χ1v) is 16.9. The molecule has 0 saturated carbocycles. The van der Waals surface area contributed by atoms with E-state index in [1.165, 1.54) is 0 Å². The van der Waals surface area contributed by atoms with Crippen LogP contribution in [0.1, 0.15) is 26.5 Å². The number of imidazole rings is 1. The lowest BCUT2D eigenvalue weighted by Crippen LogP contribution is -2.25. The van der Waals surface area contributed by atoms with Crippen molar-refractivity contribution in [2.75, 3.05) is 6.61 Å². The first-order chi connectivity index (χ1) is 16.0. The molecule has 34 heavy (non-hydrogen) atoms. The van der Waals surface area contributed by atoms with Gasteiger partial charge in [0.05, 0.1) is 39.5 Å². The van der Waals surface area contributed by atoms with E-state index in [9.17, 15) is 4.55 Å². The zero-order chi connectivity index (χ0) is 24.5. The van der Waals surface area contributed by atoms with Crippen LogP contribution < -0.4 is 0 Å². The number of nitrogens with zero attached hydrogens (tertiary/aromatic N) is 5. The Bertz CT molecular complexity index is 1320. The van der Waals surface area contributed by atoms with Gasteiger partial charge in [-0.25, -0.2) is 9.97 Å². The summed E-state index contributed by atoms with van der Waals surface area (Å²) < 4.78 is 25.7. The van der Waals surface area contributed by atoms with Gasteiger partial charge < -0.3 is 13.9 Å². The summed E-state index contributed by atoms with van der Waals surface area (Å²) in [6, 6.07) is 7.30. The summed E-state index contributed by atoms with van der Waals surface area (Å²) in [4.78, 5) is 13.7. The summed E-state index contributed by atoms with van der Waals surface area (Å²) in [6.45, 7) is 13.9. The highest BCUT2D eigenvalue weighted by molar-refractivity contribution is 7.91. The topological polar surface area (TPSA) is 88.2 Å². The Morgan fingerprint density at radius 3 is 2.71 bits per heavy atom. The Morgan fingerprint density at radius 1 is 1.18 bits per heavy atom. The SMILES string of the molecule is CC(C)(C)[S+]([O-])/N=C\c1ncc2ncn(COCC[Si](C)(C)C)c2c1-c1ccc2scnc2c1. The molecule has 1 aromatic carbocycles. The van der Waals surface area contributed by atoms with Crippen molar-refractivity contribution >= 4 is 58.2 Å². The number of benzene rings is 1. The Balaban J connectivity index is 1.79. The Labute approximate surface area is 208 Å². The van der Waals surface area contributed by atoms with Crippen LogP contribution in [-0.2, 0) is 22.8 Å². The fraction of sp³-hybridized carbons (Fsp3) is 0.417. The molecular formula is C24H31N5O2S2Si. The van der Waals surface area contributed by atoms with E-state index in [0.717, 1.165) is 45.0 Å². The Kier molecular flexibility index (Phi) is 7.25.